The lowest BCUT2D eigenvalue weighted by Crippen LogP contribution is -2.46. The average Bonchev–Trinajstić information content (AvgIpc) is 3.04. The number of carbonyl (C=O) groups is 2. The highest BCUT2D eigenvalue weighted by Crippen LogP contribution is 2.31. The zero-order chi connectivity index (χ0) is 17.3. The number of carboxylic acids is 1. The van der Waals surface area contributed by atoms with E-state index < -0.39 is 17.4 Å². The Morgan fingerprint density at radius 1 is 1.25 bits per heavy atom. The number of thiol groups is 1. The van der Waals surface area contributed by atoms with Gasteiger partial charge in [-0.25, -0.2) is 4.79 Å². The number of hydrogen-bond acceptors (Lipinski definition) is 6. The van der Waals surface area contributed by atoms with Gasteiger partial charge in [0, 0.05) is 4.88 Å². The fourth-order valence-electron chi connectivity index (χ4n) is 2.33. The number of hydrogen-bond donors (Lipinski definition) is 4. The van der Waals surface area contributed by atoms with Crippen LogP contribution in [0, 0.1) is 11.3 Å². The maximum Gasteiger partial charge on any atom is 0.345 e. The predicted molar refractivity (Wildman–Crippen MR) is 93.3 cm³/mol. The molecule has 1 aliphatic rings. The van der Waals surface area contributed by atoms with Crippen LogP contribution in [0.4, 0.5) is 0 Å². The van der Waals surface area contributed by atoms with Crippen LogP contribution in [-0.2, 0) is 4.79 Å². The van der Waals surface area contributed by atoms with Crippen molar-refractivity contribution in [3.63, 3.8) is 0 Å². The zero-order valence-electron chi connectivity index (χ0n) is 12.1. The molecule has 2 aromatic rings. The van der Waals surface area contributed by atoms with Crippen molar-refractivity contribution < 1.29 is 14.7 Å². The Morgan fingerprint density at radius 2 is 2.00 bits per heavy atom. The molecule has 3 rings (SSSR count). The second-order valence-electron chi connectivity index (χ2n) is 4.93. The van der Waals surface area contributed by atoms with Gasteiger partial charge in [-0.3, -0.25) is 4.79 Å². The first-order valence-corrected chi connectivity index (χ1v) is 8.16. The lowest BCUT2D eigenvalue weighted by molar-refractivity contribution is -0.117. The third-order valence-electron chi connectivity index (χ3n) is 3.39. The lowest BCUT2D eigenvalue weighted by atomic mass is 10.0. The van der Waals surface area contributed by atoms with Crippen molar-refractivity contribution in [1.29, 1.82) is 5.26 Å². The summed E-state index contributed by atoms with van der Waals surface area (Å²) in [6, 6.07) is 12.4. The van der Waals surface area contributed by atoms with Gasteiger partial charge >= 0.3 is 5.97 Å². The van der Waals surface area contributed by atoms with Gasteiger partial charge in [-0.2, -0.15) is 5.26 Å². The first-order chi connectivity index (χ1) is 11.5. The molecule has 1 aromatic heterocycles. The minimum absolute atomic E-state index is 0.0187. The standard InChI is InChI=1S/C16H11N3O3S2/c17-7-10-13(18-16(23)19-14(10)20)9-3-1-2-8(6-9)11-4-5-12(24-11)15(21)22/h1-6,16,18,23H,(H,19,20)(H,21,22). The molecule has 0 bridgehead atoms. The van der Waals surface area contributed by atoms with Gasteiger partial charge in [-0.15, -0.1) is 24.0 Å². The molecule has 0 fully saturated rings. The number of carbonyl (C=O) groups excluding carboxylic acids is 1. The van der Waals surface area contributed by atoms with E-state index in [2.05, 4.69) is 23.3 Å². The molecule has 1 amide bonds. The van der Waals surface area contributed by atoms with E-state index in [0.29, 0.717) is 11.3 Å². The monoisotopic (exact) mass is 357 g/mol. The Hall–Kier alpha value is -2.76. The first kappa shape index (κ1) is 16.1. The number of aromatic carboxylic acids is 1. The molecular formula is C16H11N3O3S2. The maximum atomic E-state index is 11.9. The Bertz CT molecular complexity index is 911. The van der Waals surface area contributed by atoms with E-state index in [1.807, 2.05) is 12.1 Å². The van der Waals surface area contributed by atoms with E-state index in [-0.39, 0.29) is 10.5 Å². The van der Waals surface area contributed by atoms with E-state index >= 15 is 0 Å². The predicted octanol–water partition coefficient (Wildman–Crippen LogP) is 2.28. The Morgan fingerprint density at radius 3 is 2.67 bits per heavy atom. The number of nitriles is 1. The summed E-state index contributed by atoms with van der Waals surface area (Å²) in [5.41, 5.74) is 1.25. The summed E-state index contributed by atoms with van der Waals surface area (Å²) >= 11 is 5.34. The van der Waals surface area contributed by atoms with Gasteiger partial charge in [-0.1, -0.05) is 18.2 Å². The smallest absolute Gasteiger partial charge is 0.345 e. The number of amides is 1. The molecule has 1 aromatic carbocycles. The highest BCUT2D eigenvalue weighted by molar-refractivity contribution is 7.80. The number of carboxylic acid groups (broad SMARTS) is 1. The molecule has 3 N–H and O–H groups in total. The van der Waals surface area contributed by atoms with E-state index in [4.69, 9.17) is 5.11 Å². The number of rotatable bonds is 3. The fraction of sp³-hybridized carbons (Fsp3) is 0.0625. The van der Waals surface area contributed by atoms with Gasteiger partial charge in [0.05, 0.1) is 5.70 Å². The number of thiophene rings is 1. The molecule has 1 aliphatic heterocycles. The topological polar surface area (TPSA) is 102 Å². The third kappa shape index (κ3) is 2.99. The maximum absolute atomic E-state index is 11.9. The minimum atomic E-state index is -0.972. The Labute approximate surface area is 146 Å². The quantitative estimate of drug-likeness (QED) is 0.631. The summed E-state index contributed by atoms with van der Waals surface area (Å²) < 4.78 is 0. The normalized spacial score (nSPS) is 17.0. The van der Waals surface area contributed by atoms with Gasteiger partial charge in [-0.05, 0) is 29.3 Å². The molecule has 8 heteroatoms. The second kappa shape index (κ2) is 6.39. The molecule has 0 saturated heterocycles. The van der Waals surface area contributed by atoms with Crippen LogP contribution in [0.2, 0.25) is 0 Å². The van der Waals surface area contributed by atoms with E-state index in [9.17, 15) is 14.9 Å². The van der Waals surface area contributed by atoms with Crippen LogP contribution in [-0.4, -0.2) is 22.5 Å². The summed E-state index contributed by atoms with van der Waals surface area (Å²) in [5.74, 6) is -1.46. The molecule has 120 valence electrons. The average molecular weight is 357 g/mol. The molecule has 0 spiro atoms. The zero-order valence-corrected chi connectivity index (χ0v) is 13.8. The Kier molecular flexibility index (Phi) is 4.29. The fourth-order valence-corrected chi connectivity index (χ4v) is 3.41. The SMILES string of the molecule is N#CC1=C(c2cccc(-c3ccc(C(=O)O)s3)c2)NC(S)NC1=O. The van der Waals surface area contributed by atoms with Crippen LogP contribution in [0.3, 0.4) is 0 Å². The molecule has 6 nitrogen and oxygen atoms in total. The van der Waals surface area contributed by atoms with Crippen LogP contribution in [0.1, 0.15) is 15.2 Å². The summed E-state index contributed by atoms with van der Waals surface area (Å²) in [6.45, 7) is 0. The number of nitrogens with zero attached hydrogens (tertiary/aromatic N) is 1. The molecule has 2 heterocycles. The van der Waals surface area contributed by atoms with Gasteiger partial charge in [0.15, 0.2) is 0 Å². The largest absolute Gasteiger partial charge is 0.477 e. The molecule has 1 unspecified atom stereocenters. The van der Waals surface area contributed by atoms with Crippen LogP contribution in [0.25, 0.3) is 16.1 Å². The van der Waals surface area contributed by atoms with Gasteiger partial charge < -0.3 is 15.7 Å². The van der Waals surface area contributed by atoms with Gasteiger partial charge in [0.1, 0.15) is 22.0 Å². The van der Waals surface area contributed by atoms with Crippen molar-refractivity contribution >= 4 is 41.5 Å². The van der Waals surface area contributed by atoms with Crippen LogP contribution < -0.4 is 10.6 Å². The summed E-state index contributed by atoms with van der Waals surface area (Å²) in [6.07, 6.45) is 0. The molecule has 0 saturated carbocycles. The van der Waals surface area contributed by atoms with Crippen LogP contribution in [0.5, 0.6) is 0 Å². The van der Waals surface area contributed by atoms with Crippen molar-refractivity contribution in [3.05, 3.63) is 52.4 Å². The minimum Gasteiger partial charge on any atom is -0.477 e. The van der Waals surface area contributed by atoms with Gasteiger partial charge in [0.2, 0.25) is 0 Å². The van der Waals surface area contributed by atoms with E-state index in [1.54, 1.807) is 30.3 Å². The Balaban J connectivity index is 2.05. The van der Waals surface area contributed by atoms with Crippen molar-refractivity contribution in [2.45, 2.75) is 5.50 Å². The van der Waals surface area contributed by atoms with Crippen molar-refractivity contribution in [3.8, 4) is 16.5 Å². The summed E-state index contributed by atoms with van der Waals surface area (Å²) in [5, 5.41) is 23.7. The molecule has 0 aliphatic carbocycles. The highest BCUT2D eigenvalue weighted by atomic mass is 32.1. The first-order valence-electron chi connectivity index (χ1n) is 6.83. The highest BCUT2D eigenvalue weighted by Gasteiger charge is 2.25. The summed E-state index contributed by atoms with van der Waals surface area (Å²) in [7, 11) is 0. The molecule has 0 radical (unpaired) electrons. The van der Waals surface area contributed by atoms with Crippen LogP contribution in [0.15, 0.2) is 42.0 Å². The number of nitrogens with one attached hydrogen (secondary N) is 2. The number of benzene rings is 1. The second-order valence-corrected chi connectivity index (χ2v) is 6.53. The summed E-state index contributed by atoms with van der Waals surface area (Å²) in [4.78, 5) is 24.0. The molecular weight excluding hydrogens is 346 g/mol. The van der Waals surface area contributed by atoms with Crippen molar-refractivity contribution in [2.24, 2.45) is 0 Å². The van der Waals surface area contributed by atoms with Crippen molar-refractivity contribution in [2.75, 3.05) is 0 Å². The van der Waals surface area contributed by atoms with E-state index in [0.717, 1.165) is 21.8 Å². The van der Waals surface area contributed by atoms with Crippen molar-refractivity contribution in [1.82, 2.24) is 10.6 Å². The van der Waals surface area contributed by atoms with Gasteiger partial charge in [0.25, 0.3) is 5.91 Å². The van der Waals surface area contributed by atoms with Crippen LogP contribution >= 0.6 is 24.0 Å². The third-order valence-corrected chi connectivity index (χ3v) is 4.77. The molecule has 24 heavy (non-hydrogen) atoms. The lowest BCUT2D eigenvalue weighted by Gasteiger charge is -2.24. The van der Waals surface area contributed by atoms with E-state index in [1.165, 1.54) is 0 Å². The molecule has 1 atom stereocenters.